The zero-order valence-electron chi connectivity index (χ0n) is 11.8. The highest BCUT2D eigenvalue weighted by atomic mass is 79.9. The highest BCUT2D eigenvalue weighted by Crippen LogP contribution is 2.48. The third-order valence-electron chi connectivity index (χ3n) is 3.42. The summed E-state index contributed by atoms with van der Waals surface area (Å²) in [5, 5.41) is 0. The van der Waals surface area contributed by atoms with Gasteiger partial charge in [0, 0.05) is 20.1 Å². The second kappa shape index (κ2) is 6.71. The molecule has 0 aliphatic carbocycles. The fourth-order valence-electron chi connectivity index (χ4n) is 2.40. The molecule has 114 valence electrons. The minimum absolute atomic E-state index is 0.144. The first-order chi connectivity index (χ1) is 11.0. The maximum absolute atomic E-state index is 12.4. The van der Waals surface area contributed by atoms with Gasteiger partial charge in [-0.25, -0.2) is 0 Å². The molecule has 1 aliphatic heterocycles. The monoisotopic (exact) mass is 405 g/mol. The summed E-state index contributed by atoms with van der Waals surface area (Å²) < 4.78 is -0.777. The van der Waals surface area contributed by atoms with Crippen LogP contribution >= 0.6 is 39.3 Å². The predicted molar refractivity (Wildman–Crippen MR) is 97.7 cm³/mol. The maximum Gasteiger partial charge on any atom is 0.246 e. The van der Waals surface area contributed by atoms with E-state index in [1.54, 1.807) is 28.8 Å². The number of carbonyl (C=O) groups is 2. The van der Waals surface area contributed by atoms with Crippen LogP contribution in [0.5, 0.6) is 0 Å². The molecule has 1 atom stereocenters. The molecule has 2 radical (unpaired) electrons. The van der Waals surface area contributed by atoms with Gasteiger partial charge in [-0.1, -0.05) is 45.9 Å². The molecule has 0 bridgehead atoms. The SMILES string of the molecule is [B]C(Br)C(=O)c1ccc2c(c1)N(C(=O)CCl)c1ccccc1S2. The number of hydrogen-bond donors (Lipinski definition) is 0. The first kappa shape index (κ1) is 16.6. The van der Waals surface area contributed by atoms with Gasteiger partial charge in [-0.3, -0.25) is 14.5 Å². The Hall–Kier alpha value is -1.24. The van der Waals surface area contributed by atoms with Crippen LogP contribution in [-0.4, -0.2) is 30.1 Å². The molecule has 1 unspecified atom stereocenters. The van der Waals surface area contributed by atoms with E-state index in [-0.39, 0.29) is 17.6 Å². The van der Waals surface area contributed by atoms with Gasteiger partial charge in [-0.15, -0.1) is 11.6 Å². The van der Waals surface area contributed by atoms with Crippen molar-refractivity contribution in [1.82, 2.24) is 0 Å². The van der Waals surface area contributed by atoms with Gasteiger partial charge in [-0.2, -0.15) is 0 Å². The molecule has 23 heavy (non-hydrogen) atoms. The van der Waals surface area contributed by atoms with Gasteiger partial charge < -0.3 is 0 Å². The summed E-state index contributed by atoms with van der Waals surface area (Å²) in [5.41, 5.74) is 1.86. The number of fused-ring (bicyclic) bond motifs is 2. The zero-order chi connectivity index (χ0) is 16.6. The van der Waals surface area contributed by atoms with E-state index in [1.165, 1.54) is 0 Å². The van der Waals surface area contributed by atoms with E-state index >= 15 is 0 Å². The van der Waals surface area contributed by atoms with Gasteiger partial charge in [0.15, 0.2) is 5.78 Å². The Balaban J connectivity index is 2.15. The van der Waals surface area contributed by atoms with Crippen molar-refractivity contribution in [1.29, 1.82) is 0 Å². The molecule has 0 saturated carbocycles. The quantitative estimate of drug-likeness (QED) is 0.437. The largest absolute Gasteiger partial charge is 0.294 e. The number of alkyl halides is 2. The summed E-state index contributed by atoms with van der Waals surface area (Å²) >= 11 is 10.4. The van der Waals surface area contributed by atoms with Crippen LogP contribution in [0.2, 0.25) is 0 Å². The van der Waals surface area contributed by atoms with Gasteiger partial charge >= 0.3 is 0 Å². The van der Waals surface area contributed by atoms with E-state index in [9.17, 15) is 9.59 Å². The molecule has 0 spiro atoms. The van der Waals surface area contributed by atoms with Crippen molar-refractivity contribution in [2.24, 2.45) is 0 Å². The summed E-state index contributed by atoms with van der Waals surface area (Å²) in [6, 6.07) is 12.8. The summed E-state index contributed by atoms with van der Waals surface area (Å²) in [7, 11) is 5.60. The number of halogens is 2. The molecular weight excluding hydrogens is 396 g/mol. The number of amides is 1. The Morgan fingerprint density at radius 3 is 2.57 bits per heavy atom. The third kappa shape index (κ3) is 3.07. The van der Waals surface area contributed by atoms with Crippen molar-refractivity contribution in [3.05, 3.63) is 48.0 Å². The summed E-state index contributed by atoms with van der Waals surface area (Å²) in [6.45, 7) is 0. The molecule has 1 amide bonds. The fourth-order valence-corrected chi connectivity index (χ4v) is 3.82. The smallest absolute Gasteiger partial charge is 0.246 e. The van der Waals surface area contributed by atoms with Gasteiger partial charge in [-0.05, 0) is 24.3 Å². The molecule has 2 aromatic rings. The molecule has 0 saturated heterocycles. The van der Waals surface area contributed by atoms with Gasteiger partial charge in [0.05, 0.1) is 19.2 Å². The van der Waals surface area contributed by atoms with Crippen LogP contribution in [-0.2, 0) is 4.79 Å². The number of nitrogens with zero attached hydrogens (tertiary/aromatic N) is 1. The predicted octanol–water partition coefficient (Wildman–Crippen LogP) is 4.13. The van der Waals surface area contributed by atoms with Crippen molar-refractivity contribution in [2.75, 3.05) is 10.8 Å². The molecule has 0 fully saturated rings. The van der Waals surface area contributed by atoms with Crippen molar-refractivity contribution in [3.8, 4) is 0 Å². The van der Waals surface area contributed by atoms with Crippen molar-refractivity contribution < 1.29 is 9.59 Å². The summed E-state index contributed by atoms with van der Waals surface area (Å²) in [5.74, 6) is -0.627. The van der Waals surface area contributed by atoms with E-state index in [4.69, 9.17) is 19.4 Å². The number of Topliss-reactive ketones (excluding diaryl/α,β-unsaturated/α-hetero) is 1. The first-order valence-corrected chi connectivity index (χ1v) is 9.03. The van der Waals surface area contributed by atoms with E-state index in [1.807, 2.05) is 30.3 Å². The Bertz CT molecular complexity index is 799. The number of ketones is 1. The van der Waals surface area contributed by atoms with Crippen molar-refractivity contribution >= 4 is 70.2 Å². The van der Waals surface area contributed by atoms with E-state index in [2.05, 4.69) is 15.9 Å². The summed E-state index contributed by atoms with van der Waals surface area (Å²) in [6.07, 6.45) is 0. The molecule has 0 aromatic heterocycles. The summed E-state index contributed by atoms with van der Waals surface area (Å²) in [4.78, 5) is 27.9. The molecule has 1 aliphatic rings. The number of hydrogen-bond acceptors (Lipinski definition) is 3. The molecule has 3 nitrogen and oxygen atoms in total. The van der Waals surface area contributed by atoms with Gasteiger partial charge in [0.1, 0.15) is 5.88 Å². The van der Waals surface area contributed by atoms with Crippen molar-refractivity contribution in [3.63, 3.8) is 0 Å². The molecule has 3 rings (SSSR count). The lowest BCUT2D eigenvalue weighted by Crippen LogP contribution is -2.29. The highest BCUT2D eigenvalue weighted by Gasteiger charge is 2.28. The Kier molecular flexibility index (Phi) is 4.85. The molecule has 7 heteroatoms. The minimum Gasteiger partial charge on any atom is -0.294 e. The topological polar surface area (TPSA) is 37.4 Å². The van der Waals surface area contributed by atoms with E-state index < -0.39 is 4.73 Å². The lowest BCUT2D eigenvalue weighted by molar-refractivity contribution is -0.115. The maximum atomic E-state index is 12.4. The van der Waals surface area contributed by atoms with Crippen LogP contribution in [0.25, 0.3) is 0 Å². The van der Waals surface area contributed by atoms with Crippen LogP contribution in [0.15, 0.2) is 52.3 Å². The Morgan fingerprint density at radius 1 is 1.17 bits per heavy atom. The Morgan fingerprint density at radius 2 is 1.87 bits per heavy atom. The minimum atomic E-state index is -0.777. The molecule has 2 aromatic carbocycles. The van der Waals surface area contributed by atoms with Crippen LogP contribution in [0.1, 0.15) is 10.4 Å². The van der Waals surface area contributed by atoms with Crippen LogP contribution in [0.4, 0.5) is 11.4 Å². The average molecular weight is 406 g/mol. The second-order valence-electron chi connectivity index (χ2n) is 4.88. The molecular formula is C16H10BBrClNO2S. The van der Waals surface area contributed by atoms with Crippen molar-refractivity contribution in [2.45, 2.75) is 14.5 Å². The second-order valence-corrected chi connectivity index (χ2v) is 7.22. The van der Waals surface area contributed by atoms with E-state index in [0.29, 0.717) is 11.3 Å². The van der Waals surface area contributed by atoms with Crippen LogP contribution in [0.3, 0.4) is 0 Å². The van der Waals surface area contributed by atoms with Gasteiger partial charge in [0.25, 0.3) is 0 Å². The normalized spacial score (nSPS) is 13.9. The van der Waals surface area contributed by atoms with Crippen LogP contribution in [0, 0.1) is 0 Å². The number of carbonyl (C=O) groups excluding carboxylic acids is 2. The van der Waals surface area contributed by atoms with Gasteiger partial charge in [0.2, 0.25) is 5.91 Å². The molecule has 0 N–H and O–H groups in total. The first-order valence-electron chi connectivity index (χ1n) is 6.76. The number of anilines is 2. The number of rotatable bonds is 3. The highest BCUT2D eigenvalue weighted by molar-refractivity contribution is 9.10. The number of para-hydroxylation sites is 1. The molecule has 1 heterocycles. The number of benzene rings is 2. The fraction of sp³-hybridized carbons (Fsp3) is 0.125. The van der Waals surface area contributed by atoms with E-state index in [0.717, 1.165) is 15.5 Å². The Labute approximate surface area is 152 Å². The lowest BCUT2D eigenvalue weighted by atomic mass is 9.95. The lowest BCUT2D eigenvalue weighted by Gasteiger charge is -2.31. The third-order valence-corrected chi connectivity index (χ3v) is 5.20. The average Bonchev–Trinajstić information content (AvgIpc) is 2.57. The standard InChI is InChI=1S/C16H10BBrClNO2S/c17-16(18)15(22)9-5-6-13-11(7-9)20(14(21)8-19)10-3-1-2-4-12(10)23-13/h1-7,16H,8H2. The zero-order valence-corrected chi connectivity index (χ0v) is 15.0. The van der Waals surface area contributed by atoms with Crippen LogP contribution < -0.4 is 4.90 Å².